The zero-order chi connectivity index (χ0) is 17.8. The molecule has 0 radical (unpaired) electrons. The van der Waals surface area contributed by atoms with Gasteiger partial charge in [-0.15, -0.1) is 0 Å². The molecule has 1 heterocycles. The van der Waals surface area contributed by atoms with E-state index in [1.54, 1.807) is 18.2 Å². The zero-order valence-corrected chi connectivity index (χ0v) is 15.0. The summed E-state index contributed by atoms with van der Waals surface area (Å²) in [6.45, 7) is 2.56. The standard InChI is InChI=1S/C18H16Cl2N4O/c1-2-25-13-6-3-11(4-7-13)18-23-16(21)10-17(24-18)22-12-5-8-14(19)15(20)9-12/h3-10H,2H2,1H3,(H3,21,22,23,24). The van der Waals surface area contributed by atoms with E-state index in [4.69, 9.17) is 33.7 Å². The van der Waals surface area contributed by atoms with E-state index in [9.17, 15) is 0 Å². The lowest BCUT2D eigenvalue weighted by Gasteiger charge is -2.10. The number of rotatable bonds is 5. The van der Waals surface area contributed by atoms with Gasteiger partial charge in [0.15, 0.2) is 5.82 Å². The van der Waals surface area contributed by atoms with Gasteiger partial charge in [0.05, 0.1) is 16.7 Å². The molecule has 1 aromatic heterocycles. The Morgan fingerprint density at radius 3 is 2.44 bits per heavy atom. The molecule has 0 amide bonds. The van der Waals surface area contributed by atoms with Gasteiger partial charge in [0.2, 0.25) is 0 Å². The summed E-state index contributed by atoms with van der Waals surface area (Å²) in [6, 6.07) is 14.4. The van der Waals surface area contributed by atoms with Gasteiger partial charge in [-0.1, -0.05) is 23.2 Å². The van der Waals surface area contributed by atoms with Crippen LogP contribution in [0.2, 0.25) is 10.0 Å². The van der Waals surface area contributed by atoms with Gasteiger partial charge in [-0.3, -0.25) is 0 Å². The first kappa shape index (κ1) is 17.3. The Hall–Kier alpha value is -2.50. The molecule has 0 unspecified atom stereocenters. The summed E-state index contributed by atoms with van der Waals surface area (Å²) in [5.41, 5.74) is 7.51. The highest BCUT2D eigenvalue weighted by Crippen LogP contribution is 2.28. The second-order valence-electron chi connectivity index (χ2n) is 5.21. The first-order valence-electron chi connectivity index (χ1n) is 7.65. The highest BCUT2D eigenvalue weighted by Gasteiger charge is 2.07. The summed E-state index contributed by atoms with van der Waals surface area (Å²) in [5.74, 6) is 2.24. The topological polar surface area (TPSA) is 73.1 Å². The fraction of sp³-hybridized carbons (Fsp3) is 0.111. The number of nitrogens with zero attached hydrogens (tertiary/aromatic N) is 2. The molecule has 0 aliphatic carbocycles. The van der Waals surface area contributed by atoms with Gasteiger partial charge in [-0.25, -0.2) is 9.97 Å². The summed E-state index contributed by atoms with van der Waals surface area (Å²) in [5, 5.41) is 4.10. The van der Waals surface area contributed by atoms with Crippen LogP contribution in [-0.2, 0) is 0 Å². The van der Waals surface area contributed by atoms with E-state index in [1.165, 1.54) is 0 Å². The molecule has 0 atom stereocenters. The average Bonchev–Trinajstić information content (AvgIpc) is 2.59. The van der Waals surface area contributed by atoms with Crippen molar-refractivity contribution in [1.29, 1.82) is 0 Å². The minimum absolute atomic E-state index is 0.362. The lowest BCUT2D eigenvalue weighted by molar-refractivity contribution is 0.340. The monoisotopic (exact) mass is 374 g/mol. The molecule has 0 aliphatic rings. The highest BCUT2D eigenvalue weighted by atomic mass is 35.5. The van der Waals surface area contributed by atoms with Crippen molar-refractivity contribution >= 4 is 40.5 Å². The number of nitrogen functional groups attached to an aromatic ring is 1. The van der Waals surface area contributed by atoms with E-state index in [0.717, 1.165) is 17.0 Å². The Bertz CT molecular complexity index is 885. The van der Waals surface area contributed by atoms with Crippen molar-refractivity contribution in [3.8, 4) is 17.1 Å². The summed E-state index contributed by atoms with van der Waals surface area (Å²) in [4.78, 5) is 8.80. The number of hydrogen-bond donors (Lipinski definition) is 2. The third-order valence-electron chi connectivity index (χ3n) is 3.36. The number of anilines is 3. The SMILES string of the molecule is CCOc1ccc(-c2nc(N)cc(Nc3ccc(Cl)c(Cl)c3)n2)cc1. The molecule has 0 saturated heterocycles. The maximum absolute atomic E-state index is 6.04. The van der Waals surface area contributed by atoms with Crippen molar-refractivity contribution in [1.82, 2.24) is 9.97 Å². The minimum atomic E-state index is 0.362. The number of hydrogen-bond acceptors (Lipinski definition) is 5. The van der Waals surface area contributed by atoms with Crippen molar-refractivity contribution in [3.05, 3.63) is 58.6 Å². The van der Waals surface area contributed by atoms with E-state index >= 15 is 0 Å². The molecule has 25 heavy (non-hydrogen) atoms. The average molecular weight is 375 g/mol. The summed E-state index contributed by atoms with van der Waals surface area (Å²) < 4.78 is 5.44. The molecule has 5 nitrogen and oxygen atoms in total. The first-order valence-corrected chi connectivity index (χ1v) is 8.40. The molecule has 128 valence electrons. The van der Waals surface area contributed by atoms with Crippen LogP contribution in [0, 0.1) is 0 Å². The summed E-state index contributed by atoms with van der Waals surface area (Å²) >= 11 is 12.0. The second kappa shape index (κ2) is 7.59. The van der Waals surface area contributed by atoms with Crippen LogP contribution in [0.25, 0.3) is 11.4 Å². The molecule has 3 N–H and O–H groups in total. The number of ether oxygens (including phenoxy) is 1. The number of benzene rings is 2. The molecule has 7 heteroatoms. The van der Waals surface area contributed by atoms with Crippen molar-refractivity contribution in [2.24, 2.45) is 0 Å². The van der Waals surface area contributed by atoms with E-state index in [2.05, 4.69) is 15.3 Å². The second-order valence-corrected chi connectivity index (χ2v) is 6.03. The van der Waals surface area contributed by atoms with Gasteiger partial charge >= 0.3 is 0 Å². The van der Waals surface area contributed by atoms with Crippen molar-refractivity contribution in [3.63, 3.8) is 0 Å². The molecule has 3 rings (SSSR count). The van der Waals surface area contributed by atoms with Gasteiger partial charge in [-0.2, -0.15) is 0 Å². The number of nitrogens with two attached hydrogens (primary N) is 1. The Morgan fingerprint density at radius 2 is 1.76 bits per heavy atom. The van der Waals surface area contributed by atoms with Crippen molar-refractivity contribution < 1.29 is 4.74 Å². The first-order chi connectivity index (χ1) is 12.0. The molecule has 3 aromatic rings. The van der Waals surface area contributed by atoms with Crippen LogP contribution < -0.4 is 15.8 Å². The van der Waals surface area contributed by atoms with Crippen LogP contribution in [0.15, 0.2) is 48.5 Å². The van der Waals surface area contributed by atoms with E-state index in [1.807, 2.05) is 37.3 Å². The van der Waals surface area contributed by atoms with Crippen LogP contribution >= 0.6 is 23.2 Å². The quantitative estimate of drug-likeness (QED) is 0.643. The number of aromatic nitrogens is 2. The van der Waals surface area contributed by atoms with Crippen LogP contribution in [0.4, 0.5) is 17.3 Å². The minimum Gasteiger partial charge on any atom is -0.494 e. The van der Waals surface area contributed by atoms with Crippen LogP contribution in [0.1, 0.15) is 6.92 Å². The van der Waals surface area contributed by atoms with Crippen LogP contribution in [0.3, 0.4) is 0 Å². The van der Waals surface area contributed by atoms with Crippen molar-refractivity contribution in [2.75, 3.05) is 17.7 Å². The fourth-order valence-corrected chi connectivity index (χ4v) is 2.55. The van der Waals surface area contributed by atoms with Gasteiger partial charge in [0.25, 0.3) is 0 Å². The molecule has 0 aliphatic heterocycles. The molecule has 0 saturated carbocycles. The van der Waals surface area contributed by atoms with E-state index in [0.29, 0.717) is 34.1 Å². The smallest absolute Gasteiger partial charge is 0.163 e. The highest BCUT2D eigenvalue weighted by molar-refractivity contribution is 6.42. The molecular weight excluding hydrogens is 359 g/mol. The van der Waals surface area contributed by atoms with Gasteiger partial charge < -0.3 is 15.8 Å². The van der Waals surface area contributed by atoms with Crippen LogP contribution in [-0.4, -0.2) is 16.6 Å². The lowest BCUT2D eigenvalue weighted by atomic mass is 10.2. The summed E-state index contributed by atoms with van der Waals surface area (Å²) in [6.07, 6.45) is 0. The van der Waals surface area contributed by atoms with E-state index < -0.39 is 0 Å². The third kappa shape index (κ3) is 4.32. The molecular formula is C18H16Cl2N4O. The Labute approximate surface area is 155 Å². The number of halogens is 2. The number of nitrogens with one attached hydrogen (secondary N) is 1. The largest absolute Gasteiger partial charge is 0.494 e. The van der Waals surface area contributed by atoms with Crippen molar-refractivity contribution in [2.45, 2.75) is 6.92 Å². The van der Waals surface area contributed by atoms with Crippen LogP contribution in [0.5, 0.6) is 5.75 Å². The molecule has 2 aromatic carbocycles. The Balaban J connectivity index is 1.88. The normalized spacial score (nSPS) is 10.5. The maximum atomic E-state index is 6.04. The van der Waals surface area contributed by atoms with Gasteiger partial charge in [0, 0.05) is 17.3 Å². The predicted molar refractivity (Wildman–Crippen MR) is 103 cm³/mol. The maximum Gasteiger partial charge on any atom is 0.163 e. The Morgan fingerprint density at radius 1 is 1.00 bits per heavy atom. The molecule has 0 spiro atoms. The summed E-state index contributed by atoms with van der Waals surface area (Å²) in [7, 11) is 0. The Kier molecular flexibility index (Phi) is 5.26. The molecule has 0 fully saturated rings. The zero-order valence-electron chi connectivity index (χ0n) is 13.5. The molecule has 0 bridgehead atoms. The van der Waals surface area contributed by atoms with Gasteiger partial charge in [0.1, 0.15) is 17.4 Å². The van der Waals surface area contributed by atoms with Gasteiger partial charge in [-0.05, 0) is 49.4 Å². The van der Waals surface area contributed by atoms with E-state index in [-0.39, 0.29) is 0 Å². The third-order valence-corrected chi connectivity index (χ3v) is 4.10. The fourth-order valence-electron chi connectivity index (χ4n) is 2.25. The lowest BCUT2D eigenvalue weighted by Crippen LogP contribution is -2.01. The predicted octanol–water partition coefficient (Wildman–Crippen LogP) is 5.17.